The number of pyridine rings is 2. The predicted octanol–water partition coefficient (Wildman–Crippen LogP) is 1.52. The topological polar surface area (TPSA) is 87.1 Å². The van der Waals surface area contributed by atoms with Crippen LogP contribution in [-0.2, 0) is 6.54 Å². The number of hydrogen-bond donors (Lipinski definition) is 1. The van der Waals surface area contributed by atoms with Crippen molar-refractivity contribution in [3.8, 4) is 0 Å². The zero-order chi connectivity index (χ0) is 19.2. The number of piperazine rings is 1. The Kier molecular flexibility index (Phi) is 5.37. The molecule has 28 heavy (non-hydrogen) atoms. The summed E-state index contributed by atoms with van der Waals surface area (Å²) in [5.41, 5.74) is 1.39. The lowest BCUT2D eigenvalue weighted by Crippen LogP contribution is -2.47. The standard InChI is InChI=1S/C20H21N7O/c28-19(23-13-16-4-3-6-21-12-16)17-14-24-20(25-15-17)27-10-8-26(9-11-27)18-5-1-2-7-22-18/h1-7,12,14-15H,8-11,13H2,(H,23,28). The van der Waals surface area contributed by atoms with Gasteiger partial charge < -0.3 is 15.1 Å². The van der Waals surface area contributed by atoms with Crippen molar-refractivity contribution in [2.45, 2.75) is 6.54 Å². The average molecular weight is 375 g/mol. The number of nitrogens with zero attached hydrogens (tertiary/aromatic N) is 6. The molecule has 0 bridgehead atoms. The maximum Gasteiger partial charge on any atom is 0.254 e. The van der Waals surface area contributed by atoms with E-state index in [1.807, 2.05) is 36.5 Å². The summed E-state index contributed by atoms with van der Waals surface area (Å²) in [6.07, 6.45) is 8.39. The van der Waals surface area contributed by atoms with Gasteiger partial charge in [0.1, 0.15) is 5.82 Å². The van der Waals surface area contributed by atoms with Crippen molar-refractivity contribution in [1.29, 1.82) is 0 Å². The van der Waals surface area contributed by atoms with Crippen LogP contribution in [0.5, 0.6) is 0 Å². The van der Waals surface area contributed by atoms with Gasteiger partial charge in [-0.05, 0) is 23.8 Å². The lowest BCUT2D eigenvalue weighted by atomic mass is 10.2. The number of rotatable bonds is 5. The van der Waals surface area contributed by atoms with Gasteiger partial charge in [0.25, 0.3) is 5.91 Å². The van der Waals surface area contributed by atoms with Gasteiger partial charge in [-0.25, -0.2) is 15.0 Å². The molecule has 0 atom stereocenters. The van der Waals surface area contributed by atoms with E-state index in [1.165, 1.54) is 0 Å². The minimum atomic E-state index is -0.199. The van der Waals surface area contributed by atoms with Crippen LogP contribution < -0.4 is 15.1 Å². The summed E-state index contributed by atoms with van der Waals surface area (Å²) in [5, 5.41) is 2.85. The maximum atomic E-state index is 12.3. The third-order valence-electron chi connectivity index (χ3n) is 4.61. The van der Waals surface area contributed by atoms with Gasteiger partial charge in [-0.15, -0.1) is 0 Å². The maximum absolute atomic E-state index is 12.3. The van der Waals surface area contributed by atoms with Crippen LogP contribution in [0.25, 0.3) is 0 Å². The van der Waals surface area contributed by atoms with Gasteiger partial charge >= 0.3 is 0 Å². The second kappa shape index (κ2) is 8.43. The SMILES string of the molecule is O=C(NCc1cccnc1)c1cnc(N2CCN(c3ccccn3)CC2)nc1. The van der Waals surface area contributed by atoms with E-state index in [4.69, 9.17) is 0 Å². The van der Waals surface area contributed by atoms with Gasteiger partial charge in [-0.2, -0.15) is 0 Å². The number of nitrogens with one attached hydrogen (secondary N) is 1. The smallest absolute Gasteiger partial charge is 0.254 e. The van der Waals surface area contributed by atoms with E-state index in [0.29, 0.717) is 18.1 Å². The Balaban J connectivity index is 1.31. The van der Waals surface area contributed by atoms with E-state index in [0.717, 1.165) is 37.6 Å². The Morgan fingerprint density at radius 2 is 1.68 bits per heavy atom. The van der Waals surface area contributed by atoms with Crippen molar-refractivity contribution in [2.24, 2.45) is 0 Å². The first-order valence-corrected chi connectivity index (χ1v) is 9.20. The molecule has 8 heteroatoms. The van der Waals surface area contributed by atoms with Crippen molar-refractivity contribution in [3.05, 3.63) is 72.4 Å². The Labute approximate surface area is 163 Å². The lowest BCUT2D eigenvalue weighted by Gasteiger charge is -2.35. The predicted molar refractivity (Wildman–Crippen MR) is 106 cm³/mol. The van der Waals surface area contributed by atoms with Gasteiger partial charge in [0, 0.05) is 63.7 Å². The number of aromatic nitrogens is 4. The van der Waals surface area contributed by atoms with Crippen LogP contribution in [-0.4, -0.2) is 52.0 Å². The van der Waals surface area contributed by atoms with Gasteiger partial charge in [0.15, 0.2) is 0 Å². The van der Waals surface area contributed by atoms with Crippen LogP contribution in [0.15, 0.2) is 61.3 Å². The van der Waals surface area contributed by atoms with E-state index in [-0.39, 0.29) is 5.91 Å². The van der Waals surface area contributed by atoms with Gasteiger partial charge in [-0.3, -0.25) is 9.78 Å². The average Bonchev–Trinajstić information content (AvgIpc) is 2.79. The largest absolute Gasteiger partial charge is 0.353 e. The molecule has 0 saturated carbocycles. The summed E-state index contributed by atoms with van der Waals surface area (Å²) in [6, 6.07) is 9.69. The Morgan fingerprint density at radius 3 is 2.36 bits per heavy atom. The molecule has 0 spiro atoms. The summed E-state index contributed by atoms with van der Waals surface area (Å²) in [6.45, 7) is 3.75. The summed E-state index contributed by atoms with van der Waals surface area (Å²) < 4.78 is 0. The van der Waals surface area contributed by atoms with Crippen LogP contribution in [0.2, 0.25) is 0 Å². The van der Waals surface area contributed by atoms with E-state index in [2.05, 4.69) is 35.1 Å². The third kappa shape index (κ3) is 4.22. The first-order chi connectivity index (χ1) is 13.8. The fourth-order valence-electron chi connectivity index (χ4n) is 3.07. The van der Waals surface area contributed by atoms with Crippen LogP contribution >= 0.6 is 0 Å². The molecule has 3 aromatic rings. The molecule has 1 amide bonds. The molecule has 1 aliphatic rings. The summed E-state index contributed by atoms with van der Waals surface area (Å²) >= 11 is 0. The number of carbonyl (C=O) groups excluding carboxylic acids is 1. The molecule has 1 aliphatic heterocycles. The first-order valence-electron chi connectivity index (χ1n) is 9.20. The highest BCUT2D eigenvalue weighted by Gasteiger charge is 2.20. The normalized spacial score (nSPS) is 14.0. The first kappa shape index (κ1) is 17.8. The van der Waals surface area contributed by atoms with Gasteiger partial charge in [-0.1, -0.05) is 12.1 Å². The van der Waals surface area contributed by atoms with E-state index < -0.39 is 0 Å². The number of carbonyl (C=O) groups is 1. The minimum Gasteiger partial charge on any atom is -0.353 e. The molecule has 0 radical (unpaired) electrons. The highest BCUT2D eigenvalue weighted by molar-refractivity contribution is 5.93. The van der Waals surface area contributed by atoms with Crippen molar-refractivity contribution < 1.29 is 4.79 Å². The number of anilines is 2. The van der Waals surface area contributed by atoms with E-state index >= 15 is 0 Å². The Bertz CT molecular complexity index is 895. The molecule has 4 rings (SSSR count). The van der Waals surface area contributed by atoms with Gasteiger partial charge in [0.05, 0.1) is 5.56 Å². The zero-order valence-electron chi connectivity index (χ0n) is 15.4. The van der Waals surface area contributed by atoms with Crippen LogP contribution in [0.1, 0.15) is 15.9 Å². The molecular formula is C20H21N7O. The van der Waals surface area contributed by atoms with Crippen molar-refractivity contribution in [2.75, 3.05) is 36.0 Å². The Morgan fingerprint density at radius 1 is 0.893 bits per heavy atom. The molecule has 0 aliphatic carbocycles. The summed E-state index contributed by atoms with van der Waals surface area (Å²) in [5.74, 6) is 1.43. The fraction of sp³-hybridized carbons (Fsp3) is 0.250. The molecule has 1 saturated heterocycles. The monoisotopic (exact) mass is 375 g/mol. The van der Waals surface area contributed by atoms with Gasteiger partial charge in [0.2, 0.25) is 5.95 Å². The molecule has 142 valence electrons. The second-order valence-electron chi connectivity index (χ2n) is 6.48. The molecule has 0 unspecified atom stereocenters. The third-order valence-corrected chi connectivity index (χ3v) is 4.61. The number of hydrogen-bond acceptors (Lipinski definition) is 7. The van der Waals surface area contributed by atoms with E-state index in [9.17, 15) is 4.79 Å². The highest BCUT2D eigenvalue weighted by Crippen LogP contribution is 2.15. The molecular weight excluding hydrogens is 354 g/mol. The van der Waals surface area contributed by atoms with Crippen molar-refractivity contribution in [1.82, 2.24) is 25.3 Å². The Hall–Kier alpha value is -3.55. The number of amides is 1. The summed E-state index contributed by atoms with van der Waals surface area (Å²) in [7, 11) is 0. The quantitative estimate of drug-likeness (QED) is 0.723. The minimum absolute atomic E-state index is 0.199. The molecule has 1 fully saturated rings. The molecule has 8 nitrogen and oxygen atoms in total. The molecule has 0 aromatic carbocycles. The fourth-order valence-corrected chi connectivity index (χ4v) is 3.07. The second-order valence-corrected chi connectivity index (χ2v) is 6.48. The summed E-state index contributed by atoms with van der Waals surface area (Å²) in [4.78, 5) is 33.8. The lowest BCUT2D eigenvalue weighted by molar-refractivity contribution is 0.0950. The highest BCUT2D eigenvalue weighted by atomic mass is 16.1. The van der Waals surface area contributed by atoms with E-state index in [1.54, 1.807) is 24.8 Å². The van der Waals surface area contributed by atoms with Crippen molar-refractivity contribution >= 4 is 17.7 Å². The van der Waals surface area contributed by atoms with Crippen LogP contribution in [0.3, 0.4) is 0 Å². The van der Waals surface area contributed by atoms with Crippen LogP contribution in [0, 0.1) is 0 Å². The van der Waals surface area contributed by atoms with Crippen LogP contribution in [0.4, 0.5) is 11.8 Å². The molecule has 1 N–H and O–H groups in total. The molecule has 4 heterocycles. The van der Waals surface area contributed by atoms with Crippen molar-refractivity contribution in [3.63, 3.8) is 0 Å². The molecule has 3 aromatic heterocycles. The zero-order valence-corrected chi connectivity index (χ0v) is 15.4.